The molecule has 1 fully saturated rings. The zero-order valence-electron chi connectivity index (χ0n) is 12.1. The zero-order valence-corrected chi connectivity index (χ0v) is 12.1. The van der Waals surface area contributed by atoms with Gasteiger partial charge in [-0.25, -0.2) is 0 Å². The summed E-state index contributed by atoms with van der Waals surface area (Å²) in [6, 6.07) is 7.99. The molecule has 4 nitrogen and oxygen atoms in total. The molecule has 1 aliphatic rings. The minimum absolute atomic E-state index is 0.0503. The van der Waals surface area contributed by atoms with Gasteiger partial charge in [-0.15, -0.1) is 0 Å². The molecule has 1 aliphatic carbocycles. The molecule has 0 bridgehead atoms. The van der Waals surface area contributed by atoms with E-state index in [1.165, 1.54) is 0 Å². The smallest absolute Gasteiger partial charge is 0.227 e. The van der Waals surface area contributed by atoms with Crippen LogP contribution in [0.15, 0.2) is 24.3 Å². The van der Waals surface area contributed by atoms with Crippen LogP contribution in [-0.2, 0) is 16.1 Å². The van der Waals surface area contributed by atoms with E-state index in [9.17, 15) is 4.79 Å². The molecular formula is C16H24N2O2. The number of rotatable bonds is 5. The molecule has 0 aliphatic heterocycles. The number of ether oxygens (including phenoxy) is 1. The summed E-state index contributed by atoms with van der Waals surface area (Å²) < 4.78 is 5.38. The van der Waals surface area contributed by atoms with Gasteiger partial charge in [-0.2, -0.15) is 0 Å². The van der Waals surface area contributed by atoms with E-state index in [2.05, 4.69) is 5.32 Å². The second-order valence-corrected chi connectivity index (χ2v) is 5.45. The minimum atomic E-state index is 0.0503. The molecule has 0 spiro atoms. The molecule has 0 aromatic heterocycles. The molecule has 1 aromatic rings. The Bertz CT molecular complexity index is 448. The van der Waals surface area contributed by atoms with Crippen LogP contribution in [-0.4, -0.2) is 18.6 Å². The normalized spacial score (nSPS) is 22.5. The number of hydrogen-bond acceptors (Lipinski definition) is 3. The fourth-order valence-electron chi connectivity index (χ4n) is 2.67. The molecule has 0 saturated heterocycles. The lowest BCUT2D eigenvalue weighted by Crippen LogP contribution is -2.34. The SMILES string of the molecule is CCOCc1cccc(NC(=O)C2CCCC(N)C2)c1. The Balaban J connectivity index is 1.93. The Hall–Kier alpha value is -1.39. The highest BCUT2D eigenvalue weighted by molar-refractivity contribution is 5.92. The van der Waals surface area contributed by atoms with Crippen LogP contribution in [0.1, 0.15) is 38.2 Å². The number of amides is 1. The van der Waals surface area contributed by atoms with Crippen molar-refractivity contribution in [3.05, 3.63) is 29.8 Å². The van der Waals surface area contributed by atoms with Crippen LogP contribution in [0.4, 0.5) is 5.69 Å². The first-order chi connectivity index (χ1) is 9.69. The first-order valence-electron chi connectivity index (χ1n) is 7.42. The Labute approximate surface area is 120 Å². The van der Waals surface area contributed by atoms with Crippen molar-refractivity contribution in [3.63, 3.8) is 0 Å². The van der Waals surface area contributed by atoms with Crippen molar-refractivity contribution in [1.82, 2.24) is 0 Å². The van der Waals surface area contributed by atoms with Crippen LogP contribution in [0, 0.1) is 5.92 Å². The summed E-state index contributed by atoms with van der Waals surface area (Å²) in [6.07, 6.45) is 3.82. The summed E-state index contributed by atoms with van der Waals surface area (Å²) in [7, 11) is 0. The molecule has 1 aromatic carbocycles. The highest BCUT2D eigenvalue weighted by Crippen LogP contribution is 2.24. The average Bonchev–Trinajstić information content (AvgIpc) is 2.45. The van der Waals surface area contributed by atoms with Crippen molar-refractivity contribution in [2.75, 3.05) is 11.9 Å². The lowest BCUT2D eigenvalue weighted by molar-refractivity contribution is -0.120. The van der Waals surface area contributed by atoms with Crippen LogP contribution in [0.3, 0.4) is 0 Å². The zero-order chi connectivity index (χ0) is 14.4. The monoisotopic (exact) mass is 276 g/mol. The van der Waals surface area contributed by atoms with Gasteiger partial charge in [0.25, 0.3) is 0 Å². The van der Waals surface area contributed by atoms with Crippen LogP contribution in [0.25, 0.3) is 0 Å². The van der Waals surface area contributed by atoms with Crippen molar-refractivity contribution in [1.29, 1.82) is 0 Å². The third kappa shape index (κ3) is 4.32. The van der Waals surface area contributed by atoms with Gasteiger partial charge in [0, 0.05) is 24.3 Å². The van der Waals surface area contributed by atoms with Crippen LogP contribution in [0.2, 0.25) is 0 Å². The van der Waals surface area contributed by atoms with Gasteiger partial charge in [-0.1, -0.05) is 18.6 Å². The summed E-state index contributed by atoms with van der Waals surface area (Å²) in [5, 5.41) is 3.00. The van der Waals surface area contributed by atoms with E-state index in [1.54, 1.807) is 0 Å². The Morgan fingerprint density at radius 1 is 1.45 bits per heavy atom. The minimum Gasteiger partial charge on any atom is -0.377 e. The first kappa shape index (κ1) is 15.0. The van der Waals surface area contributed by atoms with E-state index in [0.29, 0.717) is 13.2 Å². The lowest BCUT2D eigenvalue weighted by atomic mass is 9.85. The Kier molecular flexibility index (Phi) is 5.56. The molecular weight excluding hydrogens is 252 g/mol. The molecule has 1 amide bonds. The summed E-state index contributed by atoms with van der Waals surface area (Å²) in [4.78, 5) is 12.2. The van der Waals surface area contributed by atoms with Gasteiger partial charge < -0.3 is 15.8 Å². The molecule has 0 heterocycles. The van der Waals surface area contributed by atoms with Gasteiger partial charge in [0.15, 0.2) is 0 Å². The van der Waals surface area contributed by atoms with Gasteiger partial charge in [0.05, 0.1) is 6.61 Å². The maximum atomic E-state index is 12.2. The van der Waals surface area contributed by atoms with E-state index in [-0.39, 0.29) is 17.9 Å². The standard InChI is InChI=1S/C16H24N2O2/c1-2-20-11-12-5-3-8-15(9-12)18-16(19)13-6-4-7-14(17)10-13/h3,5,8-9,13-14H,2,4,6-7,10-11,17H2,1H3,(H,18,19). The number of nitrogens with two attached hydrogens (primary N) is 1. The average molecular weight is 276 g/mol. The Morgan fingerprint density at radius 3 is 3.05 bits per heavy atom. The van der Waals surface area contributed by atoms with Crippen molar-refractivity contribution < 1.29 is 9.53 Å². The van der Waals surface area contributed by atoms with Crippen molar-refractivity contribution in [3.8, 4) is 0 Å². The quantitative estimate of drug-likeness (QED) is 0.869. The number of benzene rings is 1. The second-order valence-electron chi connectivity index (χ2n) is 5.45. The van der Waals surface area contributed by atoms with Crippen LogP contribution in [0.5, 0.6) is 0 Å². The predicted octanol–water partition coefficient (Wildman–Crippen LogP) is 2.68. The highest BCUT2D eigenvalue weighted by atomic mass is 16.5. The fourth-order valence-corrected chi connectivity index (χ4v) is 2.67. The number of carbonyl (C=O) groups is 1. The van der Waals surface area contributed by atoms with Gasteiger partial charge in [0.1, 0.15) is 0 Å². The fraction of sp³-hybridized carbons (Fsp3) is 0.562. The van der Waals surface area contributed by atoms with E-state index >= 15 is 0 Å². The predicted molar refractivity (Wildman–Crippen MR) is 80.3 cm³/mol. The third-order valence-corrected chi connectivity index (χ3v) is 3.75. The van der Waals surface area contributed by atoms with E-state index < -0.39 is 0 Å². The molecule has 2 atom stereocenters. The molecule has 3 N–H and O–H groups in total. The van der Waals surface area contributed by atoms with Gasteiger partial charge in [0.2, 0.25) is 5.91 Å². The highest BCUT2D eigenvalue weighted by Gasteiger charge is 2.25. The van der Waals surface area contributed by atoms with Gasteiger partial charge >= 0.3 is 0 Å². The maximum Gasteiger partial charge on any atom is 0.227 e. The first-order valence-corrected chi connectivity index (χ1v) is 7.42. The van der Waals surface area contributed by atoms with E-state index in [1.807, 2.05) is 31.2 Å². The number of hydrogen-bond donors (Lipinski definition) is 2. The molecule has 0 radical (unpaired) electrons. The van der Waals surface area contributed by atoms with Gasteiger partial charge in [-0.05, 0) is 43.9 Å². The summed E-state index contributed by atoms with van der Waals surface area (Å²) in [5.74, 6) is 0.142. The number of anilines is 1. The van der Waals surface area contributed by atoms with Gasteiger partial charge in [-0.3, -0.25) is 4.79 Å². The summed E-state index contributed by atoms with van der Waals surface area (Å²) in [5.41, 5.74) is 7.85. The topological polar surface area (TPSA) is 64.3 Å². The molecule has 110 valence electrons. The number of nitrogens with one attached hydrogen (secondary N) is 1. The van der Waals surface area contributed by atoms with Crippen molar-refractivity contribution in [2.24, 2.45) is 11.7 Å². The van der Waals surface area contributed by atoms with Crippen molar-refractivity contribution >= 4 is 11.6 Å². The number of carbonyl (C=O) groups excluding carboxylic acids is 1. The van der Waals surface area contributed by atoms with Crippen molar-refractivity contribution in [2.45, 2.75) is 45.3 Å². The van der Waals surface area contributed by atoms with Crippen LogP contribution < -0.4 is 11.1 Å². The molecule has 1 saturated carbocycles. The molecule has 2 unspecified atom stereocenters. The summed E-state index contributed by atoms with van der Waals surface area (Å²) >= 11 is 0. The molecule has 2 rings (SSSR count). The molecule has 20 heavy (non-hydrogen) atoms. The van der Waals surface area contributed by atoms with E-state index in [0.717, 1.165) is 36.9 Å². The molecule has 4 heteroatoms. The second kappa shape index (κ2) is 7.41. The largest absolute Gasteiger partial charge is 0.377 e. The summed E-state index contributed by atoms with van der Waals surface area (Å²) in [6.45, 7) is 3.24. The Morgan fingerprint density at radius 2 is 2.30 bits per heavy atom. The van der Waals surface area contributed by atoms with Crippen LogP contribution >= 0.6 is 0 Å². The maximum absolute atomic E-state index is 12.2. The van der Waals surface area contributed by atoms with E-state index in [4.69, 9.17) is 10.5 Å². The lowest BCUT2D eigenvalue weighted by Gasteiger charge is -2.25. The third-order valence-electron chi connectivity index (χ3n) is 3.75.